The Hall–Kier alpha value is -2.48. The van der Waals surface area contributed by atoms with Crippen LogP contribution in [0, 0.1) is 6.92 Å². The Balaban J connectivity index is 1.98. The molecular formula is C14H15N5O2S. The Morgan fingerprint density at radius 3 is 2.95 bits per heavy atom. The lowest BCUT2D eigenvalue weighted by Crippen LogP contribution is -2.15. The van der Waals surface area contributed by atoms with Crippen LogP contribution < -0.4 is 10.1 Å². The van der Waals surface area contributed by atoms with Gasteiger partial charge in [-0.2, -0.15) is 0 Å². The zero-order chi connectivity index (χ0) is 15.7. The van der Waals surface area contributed by atoms with Gasteiger partial charge in [-0.05, 0) is 25.5 Å². The molecule has 0 atom stereocenters. The predicted molar refractivity (Wildman–Crippen MR) is 83.7 cm³/mol. The van der Waals surface area contributed by atoms with Crippen LogP contribution in [0.15, 0.2) is 18.3 Å². The molecule has 1 amide bonds. The second kappa shape index (κ2) is 5.72. The number of fused-ring (bicyclic) bond motifs is 1. The van der Waals surface area contributed by atoms with E-state index in [2.05, 4.69) is 20.5 Å². The third kappa shape index (κ3) is 2.41. The lowest BCUT2D eigenvalue weighted by atomic mass is 10.3. The van der Waals surface area contributed by atoms with Crippen molar-refractivity contribution in [2.24, 2.45) is 0 Å². The van der Waals surface area contributed by atoms with E-state index >= 15 is 0 Å². The number of carbonyl (C=O) groups is 1. The molecule has 22 heavy (non-hydrogen) atoms. The molecule has 3 heterocycles. The second-order valence-corrected chi connectivity index (χ2v) is 5.69. The highest BCUT2D eigenvalue weighted by Gasteiger charge is 2.19. The van der Waals surface area contributed by atoms with Crippen LogP contribution in [0.5, 0.6) is 5.75 Å². The van der Waals surface area contributed by atoms with Crippen LogP contribution in [0.1, 0.15) is 28.1 Å². The minimum absolute atomic E-state index is 0.267. The van der Waals surface area contributed by atoms with E-state index in [1.54, 1.807) is 24.6 Å². The lowest BCUT2D eigenvalue weighted by molar-refractivity contribution is 0.102. The fourth-order valence-electron chi connectivity index (χ4n) is 2.19. The minimum Gasteiger partial charge on any atom is -0.493 e. The average molecular weight is 317 g/mol. The fraction of sp³-hybridized carbons (Fsp3) is 0.286. The number of pyridine rings is 1. The highest BCUT2D eigenvalue weighted by molar-refractivity contribution is 7.15. The van der Waals surface area contributed by atoms with E-state index in [9.17, 15) is 4.79 Å². The summed E-state index contributed by atoms with van der Waals surface area (Å²) in [7, 11) is 1.58. The first-order chi connectivity index (χ1) is 10.6. The molecule has 0 fully saturated rings. The van der Waals surface area contributed by atoms with Crippen molar-refractivity contribution in [1.29, 1.82) is 0 Å². The van der Waals surface area contributed by atoms with Crippen LogP contribution >= 0.6 is 11.3 Å². The van der Waals surface area contributed by atoms with E-state index in [1.807, 2.05) is 19.1 Å². The van der Waals surface area contributed by atoms with Crippen LogP contribution in [0.25, 0.3) is 5.65 Å². The van der Waals surface area contributed by atoms with Gasteiger partial charge in [0.2, 0.25) is 5.13 Å². The highest BCUT2D eigenvalue weighted by atomic mass is 32.1. The van der Waals surface area contributed by atoms with Crippen molar-refractivity contribution in [3.63, 3.8) is 0 Å². The Kier molecular flexibility index (Phi) is 3.76. The Bertz CT molecular complexity index is 839. The number of hydrogen-bond donors (Lipinski definition) is 1. The second-order valence-electron chi connectivity index (χ2n) is 4.62. The van der Waals surface area contributed by atoms with Crippen LogP contribution in [-0.4, -0.2) is 32.6 Å². The number of nitrogens with one attached hydrogen (secondary N) is 1. The SMILES string of the molecule is CCc1nnc(NC(=O)c2c(C)nc3c(OC)cccn23)s1. The molecule has 0 aliphatic heterocycles. The molecule has 114 valence electrons. The summed E-state index contributed by atoms with van der Waals surface area (Å²) < 4.78 is 6.99. The molecular weight excluding hydrogens is 302 g/mol. The van der Waals surface area contributed by atoms with Gasteiger partial charge in [0.05, 0.1) is 12.8 Å². The normalized spacial score (nSPS) is 10.9. The summed E-state index contributed by atoms with van der Waals surface area (Å²) in [4.78, 5) is 16.9. The standard InChI is InChI=1S/C14H15N5O2S/c1-4-10-17-18-14(22-10)16-13(20)11-8(2)15-12-9(21-3)6-5-7-19(11)12/h5-7H,4H2,1-3H3,(H,16,18,20). The summed E-state index contributed by atoms with van der Waals surface area (Å²) in [6.45, 7) is 3.78. The molecule has 3 rings (SSSR count). The molecule has 3 aromatic rings. The number of imidazole rings is 1. The van der Waals surface area contributed by atoms with E-state index in [0.29, 0.717) is 27.9 Å². The molecule has 0 unspecified atom stereocenters. The van der Waals surface area contributed by atoms with E-state index < -0.39 is 0 Å². The maximum Gasteiger partial charge on any atom is 0.276 e. The van der Waals surface area contributed by atoms with Crippen molar-refractivity contribution in [2.45, 2.75) is 20.3 Å². The maximum absolute atomic E-state index is 12.5. The summed E-state index contributed by atoms with van der Waals surface area (Å²) in [6, 6.07) is 3.62. The average Bonchev–Trinajstić information content (AvgIpc) is 3.09. The molecule has 0 radical (unpaired) electrons. The van der Waals surface area contributed by atoms with E-state index in [0.717, 1.165) is 11.4 Å². The topological polar surface area (TPSA) is 81.4 Å². The Morgan fingerprint density at radius 1 is 1.45 bits per heavy atom. The van der Waals surface area contributed by atoms with Gasteiger partial charge >= 0.3 is 0 Å². The van der Waals surface area contributed by atoms with Crippen molar-refractivity contribution in [3.05, 3.63) is 34.7 Å². The van der Waals surface area contributed by atoms with Crippen molar-refractivity contribution in [1.82, 2.24) is 19.6 Å². The van der Waals surface area contributed by atoms with Gasteiger partial charge in [0.15, 0.2) is 11.4 Å². The first kappa shape index (κ1) is 14.5. The van der Waals surface area contributed by atoms with Crippen molar-refractivity contribution in [2.75, 3.05) is 12.4 Å². The molecule has 1 N–H and O–H groups in total. The number of amides is 1. The number of methoxy groups -OCH3 is 1. The number of aryl methyl sites for hydroxylation is 2. The van der Waals surface area contributed by atoms with Gasteiger partial charge in [-0.1, -0.05) is 18.3 Å². The molecule has 0 saturated carbocycles. The summed E-state index contributed by atoms with van der Waals surface area (Å²) >= 11 is 1.37. The maximum atomic E-state index is 12.5. The molecule has 0 saturated heterocycles. The quantitative estimate of drug-likeness (QED) is 0.798. The third-order valence-electron chi connectivity index (χ3n) is 3.21. The highest BCUT2D eigenvalue weighted by Crippen LogP contribution is 2.23. The largest absolute Gasteiger partial charge is 0.493 e. The lowest BCUT2D eigenvalue weighted by Gasteiger charge is -2.04. The monoisotopic (exact) mass is 317 g/mol. The number of nitrogens with zero attached hydrogens (tertiary/aromatic N) is 4. The number of carbonyl (C=O) groups excluding carboxylic acids is 1. The number of hydrogen-bond acceptors (Lipinski definition) is 6. The number of aromatic nitrogens is 4. The van der Waals surface area contributed by atoms with Gasteiger partial charge in [0.1, 0.15) is 10.7 Å². The van der Waals surface area contributed by atoms with Crippen molar-refractivity contribution < 1.29 is 9.53 Å². The molecule has 8 heteroatoms. The zero-order valence-corrected chi connectivity index (χ0v) is 13.3. The van der Waals surface area contributed by atoms with Crippen LogP contribution in [0.3, 0.4) is 0 Å². The van der Waals surface area contributed by atoms with Crippen LogP contribution in [-0.2, 0) is 6.42 Å². The third-order valence-corrected chi connectivity index (χ3v) is 4.20. The molecule has 0 bridgehead atoms. The van der Waals surface area contributed by atoms with Crippen molar-refractivity contribution >= 4 is 28.0 Å². The first-order valence-electron chi connectivity index (χ1n) is 6.79. The fourth-order valence-corrected chi connectivity index (χ4v) is 2.87. The van der Waals surface area contributed by atoms with E-state index in [1.165, 1.54) is 11.3 Å². The number of rotatable bonds is 4. The summed E-state index contributed by atoms with van der Waals surface area (Å²) in [5, 5.41) is 12.1. The predicted octanol–water partition coefficient (Wildman–Crippen LogP) is 2.32. The van der Waals surface area contributed by atoms with Crippen LogP contribution in [0.4, 0.5) is 5.13 Å². The smallest absolute Gasteiger partial charge is 0.276 e. The van der Waals surface area contributed by atoms with E-state index in [4.69, 9.17) is 4.74 Å². The Morgan fingerprint density at radius 2 is 2.27 bits per heavy atom. The molecule has 0 aliphatic rings. The van der Waals surface area contributed by atoms with Gasteiger partial charge in [-0.3, -0.25) is 14.5 Å². The molecule has 0 aliphatic carbocycles. The zero-order valence-electron chi connectivity index (χ0n) is 12.5. The van der Waals surface area contributed by atoms with Crippen LogP contribution in [0.2, 0.25) is 0 Å². The summed E-state index contributed by atoms with van der Waals surface area (Å²) in [5.74, 6) is 0.353. The Labute approximate surface area is 131 Å². The molecule has 3 aromatic heterocycles. The molecule has 0 spiro atoms. The van der Waals surface area contributed by atoms with Gasteiger partial charge in [-0.25, -0.2) is 4.98 Å². The first-order valence-corrected chi connectivity index (χ1v) is 7.61. The summed E-state index contributed by atoms with van der Waals surface area (Å²) in [6.07, 6.45) is 2.57. The molecule has 7 nitrogen and oxygen atoms in total. The van der Waals surface area contributed by atoms with E-state index in [-0.39, 0.29) is 5.91 Å². The van der Waals surface area contributed by atoms with Gasteiger partial charge in [0.25, 0.3) is 5.91 Å². The summed E-state index contributed by atoms with van der Waals surface area (Å²) in [5.41, 5.74) is 1.70. The number of ether oxygens (including phenoxy) is 1. The molecule has 0 aromatic carbocycles. The van der Waals surface area contributed by atoms with Crippen molar-refractivity contribution in [3.8, 4) is 5.75 Å². The van der Waals surface area contributed by atoms with Gasteiger partial charge in [0, 0.05) is 6.20 Å². The van der Waals surface area contributed by atoms with Gasteiger partial charge < -0.3 is 4.74 Å². The minimum atomic E-state index is -0.267. The van der Waals surface area contributed by atoms with Gasteiger partial charge in [-0.15, -0.1) is 10.2 Å². The number of anilines is 1.